The molecule has 5 aliphatic heterocycles. The van der Waals surface area contributed by atoms with Gasteiger partial charge in [0.1, 0.15) is 19.0 Å². The van der Waals surface area contributed by atoms with Crippen LogP contribution in [0.15, 0.2) is 53.4 Å². The molecule has 2 aromatic rings. The summed E-state index contributed by atoms with van der Waals surface area (Å²) in [5.41, 5.74) is 2.70. The number of halogens is 1. The molecule has 288 valence electrons. The van der Waals surface area contributed by atoms with E-state index in [9.17, 15) is 26.4 Å². The molecule has 0 spiro atoms. The van der Waals surface area contributed by atoms with Crippen molar-refractivity contribution >= 4 is 49.3 Å². The molecule has 2 unspecified atom stereocenters. The number of rotatable bonds is 3. The molecular weight excluding hydrogens is 742 g/mol. The van der Waals surface area contributed by atoms with Gasteiger partial charge in [0.25, 0.3) is 10.0 Å². The standard InChI is InChI=1S/C37H48ClN5O8S2/c1-52(46,47)42-17-13-30(14-18-42)41-22-28(23-41)33-8-5-19-50-37(45)43-16-4-7-31(43)24-40-15-3-2-6-26-20-29(38)10-9-27(26)25-51-35-12-11-32(21-34(35)40)53(48,49)39-36(33)44/h5,8-12,20-21,28,30-31,33H,2-4,6-7,13-19,22-25H2,1H3,(H,39,44)/b8-5+. The van der Waals surface area contributed by atoms with Crippen molar-refractivity contribution in [2.75, 3.05) is 63.6 Å². The third kappa shape index (κ3) is 8.64. The summed E-state index contributed by atoms with van der Waals surface area (Å²) in [6, 6.07) is 10.5. The Morgan fingerprint density at radius 3 is 2.43 bits per heavy atom. The van der Waals surface area contributed by atoms with Gasteiger partial charge in [0.05, 0.1) is 28.8 Å². The number of anilines is 1. The summed E-state index contributed by atoms with van der Waals surface area (Å²) in [5.74, 6) is -1.13. The lowest BCUT2D eigenvalue weighted by Crippen LogP contribution is -2.58. The van der Waals surface area contributed by atoms with Gasteiger partial charge in [-0.1, -0.05) is 29.8 Å². The lowest BCUT2D eigenvalue weighted by Gasteiger charge is -2.48. The number of fused-ring (bicyclic) bond motifs is 3. The fourth-order valence-corrected chi connectivity index (χ4v) is 10.4. The van der Waals surface area contributed by atoms with Crippen LogP contribution in [0.5, 0.6) is 5.75 Å². The van der Waals surface area contributed by atoms with E-state index in [0.717, 1.165) is 43.2 Å². The quantitative estimate of drug-likeness (QED) is 0.453. The zero-order chi connectivity index (χ0) is 37.3. The van der Waals surface area contributed by atoms with E-state index < -0.39 is 38.0 Å². The first-order valence-electron chi connectivity index (χ1n) is 18.5. The fraction of sp³-hybridized carbons (Fsp3) is 0.568. The average molecular weight is 790 g/mol. The van der Waals surface area contributed by atoms with Crippen molar-refractivity contribution in [3.05, 3.63) is 64.7 Å². The minimum Gasteiger partial charge on any atom is -0.487 e. The van der Waals surface area contributed by atoms with Crippen molar-refractivity contribution in [2.24, 2.45) is 11.8 Å². The van der Waals surface area contributed by atoms with Crippen LogP contribution in [0, 0.1) is 11.8 Å². The van der Waals surface area contributed by atoms with Crippen molar-refractivity contribution in [1.82, 2.24) is 18.8 Å². The summed E-state index contributed by atoms with van der Waals surface area (Å²) in [6.45, 7) is 3.83. The second-order valence-corrected chi connectivity index (χ2v) is 18.9. The normalized spacial score (nSPS) is 26.2. The van der Waals surface area contributed by atoms with Gasteiger partial charge >= 0.3 is 6.09 Å². The van der Waals surface area contributed by atoms with E-state index in [0.29, 0.717) is 75.1 Å². The zero-order valence-corrected chi connectivity index (χ0v) is 32.4. The molecule has 1 N–H and O–H groups in total. The van der Waals surface area contributed by atoms with Gasteiger partial charge in [0.2, 0.25) is 15.9 Å². The summed E-state index contributed by atoms with van der Waals surface area (Å²) in [7, 11) is -7.54. The number of nitrogens with zero attached hydrogens (tertiary/aromatic N) is 4. The molecule has 0 aromatic heterocycles. The highest BCUT2D eigenvalue weighted by molar-refractivity contribution is 7.90. The molecule has 0 aliphatic carbocycles. The Morgan fingerprint density at radius 1 is 0.868 bits per heavy atom. The van der Waals surface area contributed by atoms with E-state index in [-0.39, 0.29) is 36.1 Å². The molecule has 2 atom stereocenters. The Labute approximate surface area is 317 Å². The molecule has 0 saturated carbocycles. The molecule has 5 aliphatic rings. The SMILES string of the molecule is CS(=O)(=O)N1CCC(N2CC(C3/C=C/COC(=O)N4CCCC4CN4CCCCc5cc(Cl)ccc5COc5ccc(cc54)S(=O)(=O)NC3=O)C2)CC1. The van der Waals surface area contributed by atoms with Crippen molar-refractivity contribution in [3.8, 4) is 5.75 Å². The smallest absolute Gasteiger partial charge is 0.410 e. The van der Waals surface area contributed by atoms with Crippen LogP contribution in [0.3, 0.4) is 0 Å². The average Bonchev–Trinajstić information content (AvgIpc) is 3.56. The molecular formula is C37H48ClN5O8S2. The Hall–Kier alpha value is -3.37. The van der Waals surface area contributed by atoms with E-state index in [2.05, 4.69) is 14.5 Å². The monoisotopic (exact) mass is 789 g/mol. The largest absolute Gasteiger partial charge is 0.487 e. The summed E-state index contributed by atoms with van der Waals surface area (Å²) in [5, 5.41) is 0.661. The first-order chi connectivity index (χ1) is 25.4. The lowest BCUT2D eigenvalue weighted by atomic mass is 9.83. The van der Waals surface area contributed by atoms with Gasteiger partial charge in [0.15, 0.2) is 0 Å². The first-order valence-corrected chi connectivity index (χ1v) is 22.2. The van der Waals surface area contributed by atoms with E-state index in [1.807, 2.05) is 18.2 Å². The maximum Gasteiger partial charge on any atom is 0.410 e. The number of likely N-dealkylation sites (tertiary alicyclic amines) is 1. The lowest BCUT2D eigenvalue weighted by molar-refractivity contribution is -0.126. The number of cyclic esters (lactones) is 1. The van der Waals surface area contributed by atoms with E-state index >= 15 is 0 Å². The van der Waals surface area contributed by atoms with Gasteiger partial charge in [-0.15, -0.1) is 0 Å². The Morgan fingerprint density at radius 2 is 1.66 bits per heavy atom. The van der Waals surface area contributed by atoms with E-state index in [4.69, 9.17) is 21.1 Å². The van der Waals surface area contributed by atoms with Crippen LogP contribution in [-0.2, 0) is 42.6 Å². The number of hydrogen-bond donors (Lipinski definition) is 1. The Balaban J connectivity index is 1.16. The minimum absolute atomic E-state index is 0.0503. The minimum atomic E-state index is -4.29. The number of hydrogen-bond acceptors (Lipinski definition) is 10. The number of sulfonamides is 2. The van der Waals surface area contributed by atoms with Crippen LogP contribution >= 0.6 is 11.6 Å². The molecule has 2 aromatic carbocycles. The topological polar surface area (TPSA) is 146 Å². The van der Waals surface area contributed by atoms with Crippen LogP contribution in [0.25, 0.3) is 0 Å². The van der Waals surface area contributed by atoms with Gasteiger partial charge in [-0.2, -0.15) is 0 Å². The molecule has 3 saturated heterocycles. The van der Waals surface area contributed by atoms with Gasteiger partial charge in [-0.25, -0.2) is 30.7 Å². The van der Waals surface area contributed by atoms with Crippen molar-refractivity contribution in [3.63, 3.8) is 0 Å². The summed E-state index contributed by atoms with van der Waals surface area (Å²) in [4.78, 5) is 33.3. The van der Waals surface area contributed by atoms with Crippen LogP contribution in [0.1, 0.15) is 49.7 Å². The van der Waals surface area contributed by atoms with Gasteiger partial charge in [-0.05, 0) is 92.3 Å². The Bertz CT molecular complexity index is 1950. The van der Waals surface area contributed by atoms with Crippen LogP contribution in [0.4, 0.5) is 10.5 Å². The van der Waals surface area contributed by atoms with Gasteiger partial charge < -0.3 is 19.3 Å². The second kappa shape index (κ2) is 15.8. The van der Waals surface area contributed by atoms with Crippen molar-refractivity contribution in [2.45, 2.75) is 68.5 Å². The maximum atomic E-state index is 14.0. The molecule has 3 fully saturated rings. The molecule has 2 bridgehead atoms. The number of carbonyl (C=O) groups excluding carboxylic acids is 2. The number of amides is 2. The highest BCUT2D eigenvalue weighted by Gasteiger charge is 2.42. The number of aryl methyl sites for hydroxylation is 1. The highest BCUT2D eigenvalue weighted by Crippen LogP contribution is 2.36. The number of nitrogens with one attached hydrogen (secondary N) is 1. The zero-order valence-electron chi connectivity index (χ0n) is 30.0. The van der Waals surface area contributed by atoms with Crippen molar-refractivity contribution in [1.29, 1.82) is 0 Å². The predicted octanol–water partition coefficient (Wildman–Crippen LogP) is 4.01. The van der Waals surface area contributed by atoms with Gasteiger partial charge in [-0.3, -0.25) is 9.69 Å². The third-order valence-electron chi connectivity index (χ3n) is 11.3. The van der Waals surface area contributed by atoms with E-state index in [1.165, 1.54) is 16.6 Å². The van der Waals surface area contributed by atoms with E-state index in [1.54, 1.807) is 29.2 Å². The summed E-state index contributed by atoms with van der Waals surface area (Å²) >= 11 is 6.34. The van der Waals surface area contributed by atoms with Crippen LogP contribution in [-0.4, -0.2) is 114 Å². The molecule has 7 rings (SSSR count). The number of benzene rings is 2. The van der Waals surface area contributed by atoms with Gasteiger partial charge in [0, 0.05) is 56.9 Å². The first kappa shape index (κ1) is 37.9. The Kier molecular flexibility index (Phi) is 11.3. The number of carbonyl (C=O) groups is 2. The van der Waals surface area contributed by atoms with Crippen molar-refractivity contribution < 1.29 is 35.9 Å². The number of ether oxygens (including phenoxy) is 2. The predicted molar refractivity (Wildman–Crippen MR) is 201 cm³/mol. The molecule has 2 amide bonds. The molecule has 13 nitrogen and oxygen atoms in total. The molecule has 16 heteroatoms. The maximum absolute atomic E-state index is 14.0. The number of piperidine rings is 1. The second-order valence-electron chi connectivity index (χ2n) is 14.8. The van der Waals surface area contributed by atoms with Crippen LogP contribution < -0.4 is 14.4 Å². The van der Waals surface area contributed by atoms with Crippen LogP contribution in [0.2, 0.25) is 5.02 Å². The summed E-state index contributed by atoms with van der Waals surface area (Å²) < 4.78 is 67.9. The molecule has 5 heterocycles. The summed E-state index contributed by atoms with van der Waals surface area (Å²) in [6.07, 6.45) is 9.55. The molecule has 0 radical (unpaired) electrons. The third-order valence-corrected chi connectivity index (χ3v) is 14.2. The highest BCUT2D eigenvalue weighted by atomic mass is 35.5. The fourth-order valence-electron chi connectivity index (χ4n) is 8.34. The molecule has 53 heavy (non-hydrogen) atoms.